The first-order chi connectivity index (χ1) is 9.28. The van der Waals surface area contributed by atoms with Crippen molar-refractivity contribution in [3.8, 4) is 5.75 Å². The molecule has 0 spiro atoms. The van der Waals surface area contributed by atoms with Crippen molar-refractivity contribution in [3.63, 3.8) is 0 Å². The summed E-state index contributed by atoms with van der Waals surface area (Å²) in [5.74, 6) is 1.03. The lowest BCUT2D eigenvalue weighted by atomic mass is 10.0. The van der Waals surface area contributed by atoms with Gasteiger partial charge in [0.2, 0.25) is 10.0 Å². The van der Waals surface area contributed by atoms with E-state index in [0.717, 1.165) is 12.8 Å². The fourth-order valence-corrected chi connectivity index (χ4v) is 3.55. The van der Waals surface area contributed by atoms with Gasteiger partial charge in [-0.25, -0.2) is 13.1 Å². The average molecular weight is 298 g/mol. The summed E-state index contributed by atoms with van der Waals surface area (Å²) in [4.78, 5) is 0. The van der Waals surface area contributed by atoms with Gasteiger partial charge in [0.1, 0.15) is 12.4 Å². The van der Waals surface area contributed by atoms with E-state index >= 15 is 0 Å². The van der Waals surface area contributed by atoms with Crippen LogP contribution in [0.5, 0.6) is 5.75 Å². The Morgan fingerprint density at radius 3 is 2.45 bits per heavy atom. The van der Waals surface area contributed by atoms with Gasteiger partial charge in [-0.15, -0.1) is 0 Å². The molecule has 6 heteroatoms. The van der Waals surface area contributed by atoms with Gasteiger partial charge in [0.05, 0.1) is 5.75 Å². The first-order valence-electron chi connectivity index (χ1n) is 6.78. The second-order valence-corrected chi connectivity index (χ2v) is 7.68. The van der Waals surface area contributed by atoms with Gasteiger partial charge >= 0.3 is 0 Å². The molecule has 1 fully saturated rings. The van der Waals surface area contributed by atoms with E-state index in [1.807, 2.05) is 13.8 Å². The fourth-order valence-electron chi connectivity index (χ4n) is 2.17. The highest BCUT2D eigenvalue weighted by molar-refractivity contribution is 7.89. The van der Waals surface area contributed by atoms with E-state index in [4.69, 9.17) is 10.5 Å². The number of nitrogen functional groups attached to an aromatic ring is 1. The topological polar surface area (TPSA) is 81.4 Å². The van der Waals surface area contributed by atoms with Crippen LogP contribution in [0.25, 0.3) is 0 Å². The quantitative estimate of drug-likeness (QED) is 0.752. The number of anilines is 1. The van der Waals surface area contributed by atoms with Crippen LogP contribution in [0.15, 0.2) is 24.3 Å². The predicted molar refractivity (Wildman–Crippen MR) is 80.1 cm³/mol. The zero-order valence-corrected chi connectivity index (χ0v) is 12.7. The molecule has 112 valence electrons. The van der Waals surface area contributed by atoms with Crippen LogP contribution in [0.1, 0.15) is 26.7 Å². The molecule has 1 aliphatic rings. The molecule has 0 heterocycles. The molecule has 5 nitrogen and oxygen atoms in total. The summed E-state index contributed by atoms with van der Waals surface area (Å²) in [5, 5.41) is 0. The molecule has 0 radical (unpaired) electrons. The van der Waals surface area contributed by atoms with Gasteiger partial charge in [0, 0.05) is 11.2 Å². The molecule has 0 amide bonds. The zero-order valence-electron chi connectivity index (χ0n) is 11.9. The molecule has 0 aliphatic heterocycles. The maximum Gasteiger partial charge on any atom is 0.215 e. The molecule has 0 saturated heterocycles. The van der Waals surface area contributed by atoms with Gasteiger partial charge in [-0.2, -0.15) is 0 Å². The maximum atomic E-state index is 12.0. The highest BCUT2D eigenvalue weighted by atomic mass is 32.2. The third-order valence-corrected chi connectivity index (χ3v) is 5.06. The minimum absolute atomic E-state index is 0.0481. The molecule has 0 unspecified atom stereocenters. The Hall–Kier alpha value is -1.27. The monoisotopic (exact) mass is 298 g/mol. The smallest absolute Gasteiger partial charge is 0.215 e. The summed E-state index contributed by atoms with van der Waals surface area (Å²) in [7, 11) is -3.32. The third kappa shape index (κ3) is 4.38. The molecule has 20 heavy (non-hydrogen) atoms. The molecule has 0 atom stereocenters. The van der Waals surface area contributed by atoms with Gasteiger partial charge in [-0.05, 0) is 56.9 Å². The van der Waals surface area contributed by atoms with Crippen LogP contribution in [0.3, 0.4) is 0 Å². The van der Waals surface area contributed by atoms with Crippen molar-refractivity contribution in [2.75, 3.05) is 18.1 Å². The second-order valence-electron chi connectivity index (χ2n) is 5.83. The standard InChI is InChI=1S/C14H22N2O3S/c1-14(2,11-3-4-11)16-20(17,18)10-9-19-13-7-5-12(15)6-8-13/h5-8,11,16H,3-4,9-10,15H2,1-2H3. The normalized spacial score (nSPS) is 16.1. The van der Waals surface area contributed by atoms with Crippen LogP contribution < -0.4 is 15.2 Å². The third-order valence-electron chi connectivity index (χ3n) is 3.52. The molecular formula is C14H22N2O3S. The highest BCUT2D eigenvalue weighted by Crippen LogP contribution is 2.39. The van der Waals surface area contributed by atoms with Crippen LogP contribution >= 0.6 is 0 Å². The van der Waals surface area contributed by atoms with Crippen molar-refractivity contribution < 1.29 is 13.2 Å². The van der Waals surface area contributed by atoms with E-state index in [-0.39, 0.29) is 17.9 Å². The molecule has 0 bridgehead atoms. The minimum atomic E-state index is -3.32. The lowest BCUT2D eigenvalue weighted by molar-refractivity contribution is 0.337. The molecule has 1 aliphatic carbocycles. The van der Waals surface area contributed by atoms with Crippen molar-refractivity contribution >= 4 is 15.7 Å². The van der Waals surface area contributed by atoms with Crippen LogP contribution in [0, 0.1) is 5.92 Å². The summed E-state index contributed by atoms with van der Waals surface area (Å²) < 4.78 is 32.2. The number of hydrogen-bond acceptors (Lipinski definition) is 4. The molecule has 2 rings (SSSR count). The Balaban J connectivity index is 1.81. The van der Waals surface area contributed by atoms with E-state index in [0.29, 0.717) is 17.4 Å². The summed E-state index contributed by atoms with van der Waals surface area (Å²) in [5.41, 5.74) is 5.86. The average Bonchev–Trinajstić information content (AvgIpc) is 3.14. The number of hydrogen-bond donors (Lipinski definition) is 2. The second kappa shape index (κ2) is 5.61. The Morgan fingerprint density at radius 1 is 1.30 bits per heavy atom. The first kappa shape index (κ1) is 15.1. The van der Waals surface area contributed by atoms with Gasteiger partial charge in [0.15, 0.2) is 0 Å². The van der Waals surface area contributed by atoms with Gasteiger partial charge < -0.3 is 10.5 Å². The molecule has 0 aromatic heterocycles. The molecular weight excluding hydrogens is 276 g/mol. The molecule has 1 saturated carbocycles. The predicted octanol–water partition coefficient (Wildman–Crippen LogP) is 1.76. The Kier molecular flexibility index (Phi) is 4.25. The van der Waals surface area contributed by atoms with Gasteiger partial charge in [-0.1, -0.05) is 0 Å². The summed E-state index contributed by atoms with van der Waals surface area (Å²) in [6.45, 7) is 3.99. The largest absolute Gasteiger partial charge is 0.492 e. The van der Waals surface area contributed by atoms with Crippen LogP contribution in [-0.4, -0.2) is 26.3 Å². The fraction of sp³-hybridized carbons (Fsp3) is 0.571. The van der Waals surface area contributed by atoms with Crippen molar-refractivity contribution in [2.45, 2.75) is 32.2 Å². The number of benzene rings is 1. The number of ether oxygens (including phenoxy) is 1. The lowest BCUT2D eigenvalue weighted by Crippen LogP contribution is -2.46. The summed E-state index contributed by atoms with van der Waals surface area (Å²) in [6, 6.07) is 6.89. The summed E-state index contributed by atoms with van der Waals surface area (Å²) in [6.07, 6.45) is 2.19. The van der Waals surface area contributed by atoms with Crippen molar-refractivity contribution in [1.29, 1.82) is 0 Å². The Morgan fingerprint density at radius 2 is 1.90 bits per heavy atom. The summed E-state index contributed by atoms with van der Waals surface area (Å²) >= 11 is 0. The van der Waals surface area contributed by atoms with E-state index in [9.17, 15) is 8.42 Å². The lowest BCUT2D eigenvalue weighted by Gasteiger charge is -2.25. The Labute approximate surface area is 120 Å². The zero-order chi connectivity index (χ0) is 14.8. The SMILES string of the molecule is CC(C)(NS(=O)(=O)CCOc1ccc(N)cc1)C1CC1. The van der Waals surface area contributed by atoms with Crippen molar-refractivity contribution in [1.82, 2.24) is 4.72 Å². The molecule has 1 aromatic carbocycles. The number of sulfonamides is 1. The van der Waals surface area contributed by atoms with Gasteiger partial charge in [-0.3, -0.25) is 0 Å². The maximum absolute atomic E-state index is 12.0. The van der Waals surface area contributed by atoms with Crippen LogP contribution in [-0.2, 0) is 10.0 Å². The van der Waals surface area contributed by atoms with Crippen LogP contribution in [0.4, 0.5) is 5.69 Å². The highest BCUT2D eigenvalue weighted by Gasteiger charge is 2.40. The minimum Gasteiger partial charge on any atom is -0.492 e. The van der Waals surface area contributed by atoms with E-state index in [1.54, 1.807) is 24.3 Å². The number of nitrogens with two attached hydrogens (primary N) is 1. The van der Waals surface area contributed by atoms with Crippen molar-refractivity contribution in [2.24, 2.45) is 5.92 Å². The first-order valence-corrected chi connectivity index (χ1v) is 8.44. The number of rotatable bonds is 7. The van der Waals surface area contributed by atoms with Gasteiger partial charge in [0.25, 0.3) is 0 Å². The molecule has 1 aromatic rings. The van der Waals surface area contributed by atoms with Crippen molar-refractivity contribution in [3.05, 3.63) is 24.3 Å². The Bertz CT molecular complexity index is 548. The van der Waals surface area contributed by atoms with Crippen LogP contribution in [0.2, 0.25) is 0 Å². The van der Waals surface area contributed by atoms with E-state index in [1.165, 1.54) is 0 Å². The molecule has 3 N–H and O–H groups in total. The van der Waals surface area contributed by atoms with E-state index in [2.05, 4.69) is 4.72 Å². The van der Waals surface area contributed by atoms with E-state index < -0.39 is 10.0 Å². The number of nitrogens with one attached hydrogen (secondary N) is 1.